The Morgan fingerprint density at radius 1 is 1.50 bits per heavy atom. The Bertz CT molecular complexity index is 542. The highest BCUT2D eigenvalue weighted by atomic mass is 32.1. The van der Waals surface area contributed by atoms with Crippen LogP contribution >= 0.6 is 11.3 Å². The minimum Gasteiger partial charge on any atom is -0.361 e. The molecule has 18 heavy (non-hydrogen) atoms. The third kappa shape index (κ3) is 2.74. The smallest absolute Gasteiger partial charge is 0.324 e. The molecule has 2 aromatic heterocycles. The number of aromatic nitrogens is 1. The van der Waals surface area contributed by atoms with Crippen LogP contribution in [0.2, 0.25) is 0 Å². The molecule has 7 heteroatoms. The van der Waals surface area contributed by atoms with Crippen LogP contribution in [0.1, 0.15) is 22.6 Å². The van der Waals surface area contributed by atoms with Crippen LogP contribution in [0, 0.1) is 24.0 Å². The van der Waals surface area contributed by atoms with E-state index in [1.807, 2.05) is 13.8 Å². The molecule has 0 saturated heterocycles. The molecule has 0 bridgehead atoms. The molecule has 0 saturated carbocycles. The molecule has 2 heterocycles. The second kappa shape index (κ2) is 5.28. The van der Waals surface area contributed by atoms with Gasteiger partial charge in [-0.25, -0.2) is 0 Å². The van der Waals surface area contributed by atoms with Crippen molar-refractivity contribution in [1.29, 1.82) is 0 Å². The zero-order chi connectivity index (χ0) is 13.1. The topological polar surface area (TPSA) is 81.2 Å². The van der Waals surface area contributed by atoms with Crippen molar-refractivity contribution in [1.82, 2.24) is 10.5 Å². The van der Waals surface area contributed by atoms with E-state index in [1.54, 1.807) is 11.4 Å². The lowest BCUT2D eigenvalue weighted by Crippen LogP contribution is -2.13. The van der Waals surface area contributed by atoms with E-state index in [1.165, 1.54) is 0 Å². The third-order valence-corrected chi connectivity index (χ3v) is 3.56. The number of rotatable bonds is 5. The largest absolute Gasteiger partial charge is 0.361 e. The van der Waals surface area contributed by atoms with Crippen LogP contribution in [0.25, 0.3) is 0 Å². The van der Waals surface area contributed by atoms with Gasteiger partial charge in [0.2, 0.25) is 0 Å². The summed E-state index contributed by atoms with van der Waals surface area (Å²) < 4.78 is 5.06. The fourth-order valence-electron chi connectivity index (χ4n) is 1.64. The predicted molar refractivity (Wildman–Crippen MR) is 67.5 cm³/mol. The molecule has 0 radical (unpaired) electrons. The van der Waals surface area contributed by atoms with Gasteiger partial charge >= 0.3 is 5.00 Å². The van der Waals surface area contributed by atoms with Gasteiger partial charge in [-0.2, -0.15) is 0 Å². The van der Waals surface area contributed by atoms with Gasteiger partial charge in [0.15, 0.2) is 0 Å². The number of aryl methyl sites for hydroxylation is 2. The Balaban J connectivity index is 1.90. The third-order valence-electron chi connectivity index (χ3n) is 2.63. The molecule has 6 nitrogen and oxygen atoms in total. The molecule has 0 amide bonds. The number of nitrogens with one attached hydrogen (secondary N) is 1. The van der Waals surface area contributed by atoms with Gasteiger partial charge in [-0.1, -0.05) is 16.5 Å². The summed E-state index contributed by atoms with van der Waals surface area (Å²) in [5.74, 6) is 0.802. The maximum Gasteiger partial charge on any atom is 0.324 e. The quantitative estimate of drug-likeness (QED) is 0.665. The first-order valence-electron chi connectivity index (χ1n) is 5.42. The van der Waals surface area contributed by atoms with E-state index >= 15 is 0 Å². The number of nitrogens with zero attached hydrogens (tertiary/aromatic N) is 2. The van der Waals surface area contributed by atoms with Gasteiger partial charge < -0.3 is 9.84 Å². The van der Waals surface area contributed by atoms with Crippen molar-refractivity contribution in [3.05, 3.63) is 44.1 Å². The molecule has 0 aliphatic carbocycles. The van der Waals surface area contributed by atoms with E-state index in [2.05, 4.69) is 10.5 Å². The van der Waals surface area contributed by atoms with Crippen molar-refractivity contribution in [2.24, 2.45) is 0 Å². The first-order valence-corrected chi connectivity index (χ1v) is 6.30. The SMILES string of the molecule is Cc1noc(C)c1CNCc1csc([N+](=O)[O-])c1. The van der Waals surface area contributed by atoms with Crippen molar-refractivity contribution < 1.29 is 9.45 Å². The van der Waals surface area contributed by atoms with Crippen LogP contribution in [0.4, 0.5) is 5.00 Å². The maximum absolute atomic E-state index is 10.5. The van der Waals surface area contributed by atoms with Gasteiger partial charge in [0.1, 0.15) is 5.76 Å². The van der Waals surface area contributed by atoms with E-state index < -0.39 is 0 Å². The van der Waals surface area contributed by atoms with E-state index in [0.29, 0.717) is 13.1 Å². The summed E-state index contributed by atoms with van der Waals surface area (Å²) in [6, 6.07) is 1.59. The van der Waals surface area contributed by atoms with E-state index in [0.717, 1.165) is 33.9 Å². The van der Waals surface area contributed by atoms with Crippen molar-refractivity contribution in [2.75, 3.05) is 0 Å². The zero-order valence-corrected chi connectivity index (χ0v) is 10.9. The summed E-state index contributed by atoms with van der Waals surface area (Å²) >= 11 is 1.14. The Labute approximate surface area is 108 Å². The van der Waals surface area contributed by atoms with E-state index in [4.69, 9.17) is 4.52 Å². The first-order chi connectivity index (χ1) is 8.58. The Morgan fingerprint density at radius 2 is 2.28 bits per heavy atom. The zero-order valence-electron chi connectivity index (χ0n) is 10.1. The second-order valence-corrected chi connectivity index (χ2v) is 4.85. The molecule has 1 N–H and O–H groups in total. The van der Waals surface area contributed by atoms with Crippen LogP contribution in [0.5, 0.6) is 0 Å². The standard InChI is InChI=1S/C11H13N3O3S/c1-7-10(8(2)17-13-7)5-12-4-9-3-11(14(15)16)18-6-9/h3,6,12H,4-5H2,1-2H3. The summed E-state index contributed by atoms with van der Waals surface area (Å²) in [4.78, 5) is 10.2. The normalized spacial score (nSPS) is 10.8. The van der Waals surface area contributed by atoms with Crippen LogP contribution in [-0.2, 0) is 13.1 Å². The number of hydrogen-bond acceptors (Lipinski definition) is 6. The maximum atomic E-state index is 10.5. The van der Waals surface area contributed by atoms with E-state index in [9.17, 15) is 10.1 Å². The highest BCUT2D eigenvalue weighted by Crippen LogP contribution is 2.22. The molecule has 0 atom stereocenters. The fraction of sp³-hybridized carbons (Fsp3) is 0.364. The van der Waals surface area contributed by atoms with Gasteiger partial charge in [-0.15, -0.1) is 0 Å². The second-order valence-electron chi connectivity index (χ2n) is 3.96. The summed E-state index contributed by atoms with van der Waals surface area (Å²) in [5, 5.41) is 19.6. The summed E-state index contributed by atoms with van der Waals surface area (Å²) in [5.41, 5.74) is 2.83. The molecule has 2 aromatic rings. The Morgan fingerprint density at radius 3 is 2.83 bits per heavy atom. The average molecular weight is 267 g/mol. The van der Waals surface area contributed by atoms with E-state index in [-0.39, 0.29) is 9.92 Å². The monoisotopic (exact) mass is 267 g/mol. The number of thiophene rings is 1. The molecular formula is C11H13N3O3S. The molecule has 0 aromatic carbocycles. The van der Waals surface area contributed by atoms with Crippen LogP contribution in [0.15, 0.2) is 16.0 Å². The van der Waals surface area contributed by atoms with Gasteiger partial charge in [-0.3, -0.25) is 10.1 Å². The fourth-order valence-corrected chi connectivity index (χ4v) is 2.37. The molecule has 96 valence electrons. The summed E-state index contributed by atoms with van der Waals surface area (Å²) in [6.07, 6.45) is 0. The van der Waals surface area contributed by atoms with Gasteiger partial charge in [0.25, 0.3) is 0 Å². The lowest BCUT2D eigenvalue weighted by molar-refractivity contribution is -0.380. The number of hydrogen-bond donors (Lipinski definition) is 1. The summed E-state index contributed by atoms with van der Waals surface area (Å²) in [7, 11) is 0. The lowest BCUT2D eigenvalue weighted by Gasteiger charge is -2.02. The highest BCUT2D eigenvalue weighted by Gasteiger charge is 2.11. The van der Waals surface area contributed by atoms with Crippen molar-refractivity contribution >= 4 is 16.3 Å². The lowest BCUT2D eigenvalue weighted by atomic mass is 10.2. The molecule has 0 aliphatic rings. The molecular weight excluding hydrogens is 254 g/mol. The Hall–Kier alpha value is -1.73. The van der Waals surface area contributed by atoms with Crippen LogP contribution in [0.3, 0.4) is 0 Å². The van der Waals surface area contributed by atoms with Crippen molar-refractivity contribution in [3.63, 3.8) is 0 Å². The molecule has 0 spiro atoms. The van der Waals surface area contributed by atoms with Gasteiger partial charge in [0.05, 0.1) is 10.6 Å². The van der Waals surface area contributed by atoms with Crippen molar-refractivity contribution in [3.8, 4) is 0 Å². The molecule has 0 fully saturated rings. The highest BCUT2D eigenvalue weighted by molar-refractivity contribution is 7.13. The first kappa shape index (κ1) is 12.7. The summed E-state index contributed by atoms with van der Waals surface area (Å²) in [6.45, 7) is 4.99. The van der Waals surface area contributed by atoms with Crippen molar-refractivity contribution in [2.45, 2.75) is 26.9 Å². The predicted octanol–water partition coefficient (Wildman–Crippen LogP) is 2.55. The van der Waals surface area contributed by atoms with Gasteiger partial charge in [-0.05, 0) is 19.4 Å². The minimum atomic E-state index is -0.373. The van der Waals surface area contributed by atoms with Crippen LogP contribution < -0.4 is 5.32 Å². The molecule has 0 unspecified atom stereocenters. The molecule has 0 aliphatic heterocycles. The molecule has 2 rings (SSSR count). The van der Waals surface area contributed by atoms with Crippen LogP contribution in [-0.4, -0.2) is 10.1 Å². The average Bonchev–Trinajstić information content (AvgIpc) is 2.90. The Kier molecular flexibility index (Phi) is 3.73. The minimum absolute atomic E-state index is 0.170. The number of nitro groups is 1. The van der Waals surface area contributed by atoms with Gasteiger partial charge in [0, 0.05) is 30.1 Å².